The Kier molecular flexibility index (Phi) is 8.72. The molecule has 1 aromatic heterocycles. The van der Waals surface area contributed by atoms with Crippen LogP contribution in [-0.2, 0) is 9.59 Å². The normalized spacial score (nSPS) is 12.9. The van der Waals surface area contributed by atoms with Crippen molar-refractivity contribution in [3.63, 3.8) is 0 Å². The van der Waals surface area contributed by atoms with Gasteiger partial charge >= 0.3 is 0 Å². The van der Waals surface area contributed by atoms with Crippen LogP contribution in [0.2, 0.25) is 5.02 Å². The largest absolute Gasteiger partial charge is 0.495 e. The van der Waals surface area contributed by atoms with Gasteiger partial charge in [0.2, 0.25) is 17.8 Å². The summed E-state index contributed by atoms with van der Waals surface area (Å²) in [5.74, 6) is 1.52. The minimum atomic E-state index is -0.335. The highest BCUT2D eigenvalue weighted by atomic mass is 35.5. The average molecular weight is 552 g/mol. The molecule has 12 heteroatoms. The topological polar surface area (TPSA) is 121 Å². The number of benzene rings is 2. The Morgan fingerprint density at radius 1 is 1.00 bits per heavy atom. The lowest BCUT2D eigenvalue weighted by Crippen LogP contribution is -2.48. The maximum absolute atomic E-state index is 11.7. The summed E-state index contributed by atoms with van der Waals surface area (Å²) in [4.78, 5) is 36.2. The fourth-order valence-electron chi connectivity index (χ4n) is 4.10. The first kappa shape index (κ1) is 27.5. The SMILES string of the molecule is C=CC(=O)Nc1ccc(OC)c(Nc2ncc(Cl)c(Nc3ccc(N4CCN(C(C)=O)CC4)cc3OC)n2)c1. The van der Waals surface area contributed by atoms with Gasteiger partial charge in [0.15, 0.2) is 5.82 Å². The third kappa shape index (κ3) is 6.68. The quantitative estimate of drug-likeness (QED) is 0.332. The van der Waals surface area contributed by atoms with Gasteiger partial charge in [0.1, 0.15) is 16.5 Å². The molecule has 1 fully saturated rings. The summed E-state index contributed by atoms with van der Waals surface area (Å²) in [6.07, 6.45) is 2.66. The van der Waals surface area contributed by atoms with Gasteiger partial charge in [-0.25, -0.2) is 4.98 Å². The summed E-state index contributed by atoms with van der Waals surface area (Å²) in [7, 11) is 3.13. The minimum absolute atomic E-state index is 0.0907. The van der Waals surface area contributed by atoms with Gasteiger partial charge in [0.25, 0.3) is 0 Å². The second-order valence-corrected chi connectivity index (χ2v) is 9.03. The smallest absolute Gasteiger partial charge is 0.247 e. The van der Waals surface area contributed by atoms with Gasteiger partial charge in [-0.3, -0.25) is 9.59 Å². The van der Waals surface area contributed by atoms with Gasteiger partial charge in [0, 0.05) is 50.5 Å². The number of piperazine rings is 1. The lowest BCUT2D eigenvalue weighted by atomic mass is 10.2. The zero-order valence-corrected chi connectivity index (χ0v) is 22.7. The van der Waals surface area contributed by atoms with E-state index in [0.29, 0.717) is 52.5 Å². The van der Waals surface area contributed by atoms with Gasteiger partial charge in [-0.1, -0.05) is 18.2 Å². The molecule has 0 radical (unpaired) electrons. The molecule has 0 spiro atoms. The fourth-order valence-corrected chi connectivity index (χ4v) is 4.24. The van der Waals surface area contributed by atoms with E-state index in [9.17, 15) is 9.59 Å². The molecule has 1 saturated heterocycles. The van der Waals surface area contributed by atoms with Crippen molar-refractivity contribution in [3.8, 4) is 11.5 Å². The molecule has 2 aromatic carbocycles. The van der Waals surface area contributed by atoms with Crippen LogP contribution in [0.4, 0.5) is 34.5 Å². The molecule has 3 N–H and O–H groups in total. The molecule has 1 aliphatic heterocycles. The van der Waals surface area contributed by atoms with Crippen LogP contribution in [-0.4, -0.2) is 67.1 Å². The predicted octanol–water partition coefficient (Wildman–Crippen LogP) is 4.43. The Labute approximate surface area is 231 Å². The van der Waals surface area contributed by atoms with Crippen LogP contribution < -0.4 is 30.3 Å². The van der Waals surface area contributed by atoms with E-state index in [2.05, 4.69) is 37.4 Å². The zero-order valence-electron chi connectivity index (χ0n) is 22.0. The number of halogens is 1. The van der Waals surface area contributed by atoms with E-state index in [1.165, 1.54) is 19.4 Å². The first-order valence-electron chi connectivity index (χ1n) is 12.2. The molecule has 39 heavy (non-hydrogen) atoms. The van der Waals surface area contributed by atoms with E-state index in [1.807, 2.05) is 23.1 Å². The highest BCUT2D eigenvalue weighted by molar-refractivity contribution is 6.33. The summed E-state index contributed by atoms with van der Waals surface area (Å²) < 4.78 is 11.1. The Hall–Kier alpha value is -4.51. The zero-order chi connectivity index (χ0) is 27.9. The van der Waals surface area contributed by atoms with E-state index < -0.39 is 0 Å². The summed E-state index contributed by atoms with van der Waals surface area (Å²) in [6.45, 7) is 7.90. The Balaban J connectivity index is 1.53. The number of aromatic nitrogens is 2. The van der Waals surface area contributed by atoms with Crippen LogP contribution in [0.25, 0.3) is 0 Å². The average Bonchev–Trinajstić information content (AvgIpc) is 2.95. The number of methoxy groups -OCH3 is 2. The maximum Gasteiger partial charge on any atom is 0.247 e. The minimum Gasteiger partial charge on any atom is -0.495 e. The van der Waals surface area contributed by atoms with Gasteiger partial charge in [-0.05, 0) is 36.4 Å². The molecule has 0 saturated carbocycles. The van der Waals surface area contributed by atoms with E-state index >= 15 is 0 Å². The van der Waals surface area contributed by atoms with Crippen molar-refractivity contribution in [1.82, 2.24) is 14.9 Å². The number of hydrogen-bond donors (Lipinski definition) is 3. The number of nitrogens with zero attached hydrogens (tertiary/aromatic N) is 4. The van der Waals surface area contributed by atoms with E-state index in [-0.39, 0.29) is 17.8 Å². The highest BCUT2D eigenvalue weighted by Crippen LogP contribution is 2.35. The second kappa shape index (κ2) is 12.4. The van der Waals surface area contributed by atoms with E-state index in [1.54, 1.807) is 32.2 Å². The first-order chi connectivity index (χ1) is 18.8. The van der Waals surface area contributed by atoms with Gasteiger partial charge < -0.3 is 35.2 Å². The van der Waals surface area contributed by atoms with Gasteiger partial charge in [-0.2, -0.15) is 4.98 Å². The van der Waals surface area contributed by atoms with Crippen LogP contribution in [0, 0.1) is 0 Å². The molecule has 0 aliphatic carbocycles. The van der Waals surface area contributed by atoms with Crippen LogP contribution in [0.3, 0.4) is 0 Å². The van der Waals surface area contributed by atoms with Crippen molar-refractivity contribution in [3.05, 3.63) is 60.3 Å². The molecule has 2 heterocycles. The van der Waals surface area contributed by atoms with Crippen molar-refractivity contribution in [2.75, 3.05) is 61.2 Å². The maximum atomic E-state index is 11.7. The van der Waals surface area contributed by atoms with Gasteiger partial charge in [0.05, 0.1) is 31.8 Å². The van der Waals surface area contributed by atoms with E-state index in [0.717, 1.165) is 18.8 Å². The number of hydrogen-bond acceptors (Lipinski definition) is 9. The molecule has 0 bridgehead atoms. The standard InChI is InChI=1S/C27H30ClN7O4/c1-5-25(37)30-18-6-9-23(38-3)22(14-18)32-27-29-16-20(28)26(33-27)31-21-8-7-19(15-24(21)39-4)35-12-10-34(11-13-35)17(2)36/h5-9,14-16H,1,10-13H2,2-4H3,(H,30,37)(H2,29,31,32,33). The first-order valence-corrected chi connectivity index (χ1v) is 12.6. The van der Waals surface area contributed by atoms with Crippen molar-refractivity contribution < 1.29 is 19.1 Å². The lowest BCUT2D eigenvalue weighted by Gasteiger charge is -2.35. The molecular weight excluding hydrogens is 522 g/mol. The summed E-state index contributed by atoms with van der Waals surface area (Å²) in [5, 5.41) is 9.36. The third-order valence-corrected chi connectivity index (χ3v) is 6.45. The predicted molar refractivity (Wildman–Crippen MR) is 153 cm³/mol. The van der Waals surface area contributed by atoms with Crippen molar-refractivity contribution in [2.45, 2.75) is 6.92 Å². The summed E-state index contributed by atoms with van der Waals surface area (Å²) >= 11 is 6.42. The molecular formula is C27H30ClN7O4. The highest BCUT2D eigenvalue weighted by Gasteiger charge is 2.20. The second-order valence-electron chi connectivity index (χ2n) is 8.63. The molecule has 4 rings (SSSR count). The summed E-state index contributed by atoms with van der Waals surface area (Å²) in [5.41, 5.74) is 2.75. The van der Waals surface area contributed by atoms with Crippen LogP contribution in [0.5, 0.6) is 11.5 Å². The number of rotatable bonds is 9. The van der Waals surface area contributed by atoms with Crippen molar-refractivity contribution in [2.24, 2.45) is 0 Å². The summed E-state index contributed by atoms with van der Waals surface area (Å²) in [6, 6.07) is 10.9. The van der Waals surface area contributed by atoms with Crippen LogP contribution in [0.15, 0.2) is 55.3 Å². The third-order valence-electron chi connectivity index (χ3n) is 6.17. The van der Waals surface area contributed by atoms with Gasteiger partial charge in [-0.15, -0.1) is 0 Å². The number of nitrogens with one attached hydrogen (secondary N) is 3. The molecule has 1 aliphatic rings. The number of carbonyl (C=O) groups excluding carboxylic acids is 2. The molecule has 11 nitrogen and oxygen atoms in total. The van der Waals surface area contributed by atoms with E-state index in [4.69, 9.17) is 21.1 Å². The number of carbonyl (C=O) groups is 2. The Morgan fingerprint density at radius 3 is 2.41 bits per heavy atom. The lowest BCUT2D eigenvalue weighted by molar-refractivity contribution is -0.129. The molecule has 204 valence electrons. The van der Waals surface area contributed by atoms with Crippen molar-refractivity contribution in [1.29, 1.82) is 0 Å². The molecule has 3 aromatic rings. The Morgan fingerprint density at radius 2 is 1.74 bits per heavy atom. The van der Waals surface area contributed by atoms with Crippen LogP contribution >= 0.6 is 11.6 Å². The van der Waals surface area contributed by atoms with Crippen molar-refractivity contribution >= 4 is 57.9 Å². The monoisotopic (exact) mass is 551 g/mol. The Bertz CT molecular complexity index is 1380. The number of amides is 2. The molecule has 0 atom stereocenters. The van der Waals surface area contributed by atoms with Crippen LogP contribution in [0.1, 0.15) is 6.92 Å². The molecule has 0 unspecified atom stereocenters. The molecule has 2 amide bonds. The number of anilines is 6. The fraction of sp³-hybridized carbons (Fsp3) is 0.259. The number of ether oxygens (including phenoxy) is 2.